The van der Waals surface area contributed by atoms with Crippen molar-refractivity contribution < 1.29 is 0 Å². The summed E-state index contributed by atoms with van der Waals surface area (Å²) in [6.07, 6.45) is 0. The third kappa shape index (κ3) is 6.07. The van der Waals surface area contributed by atoms with Gasteiger partial charge in [0.1, 0.15) is 0 Å². The lowest BCUT2D eigenvalue weighted by molar-refractivity contribution is 0.660. The summed E-state index contributed by atoms with van der Waals surface area (Å²) >= 11 is 0. The maximum atomic E-state index is 2.45. The van der Waals surface area contributed by atoms with E-state index in [-0.39, 0.29) is 10.8 Å². The number of hydrogen-bond donors (Lipinski definition) is 0. The lowest BCUT2D eigenvalue weighted by Gasteiger charge is -2.29. The van der Waals surface area contributed by atoms with Gasteiger partial charge in [-0.25, -0.2) is 0 Å². The van der Waals surface area contributed by atoms with Crippen molar-refractivity contribution >= 4 is 17.1 Å². The number of anilines is 3. The number of rotatable bonds is 7. The lowest BCUT2D eigenvalue weighted by Crippen LogP contribution is -2.16. The van der Waals surface area contributed by atoms with Crippen LogP contribution in [-0.4, -0.2) is 0 Å². The third-order valence-electron chi connectivity index (χ3n) is 13.5. The van der Waals surface area contributed by atoms with Gasteiger partial charge in [0.2, 0.25) is 0 Å². The first-order valence-corrected chi connectivity index (χ1v) is 21.5. The highest BCUT2D eigenvalue weighted by Crippen LogP contribution is 2.54. The van der Waals surface area contributed by atoms with Crippen molar-refractivity contribution in [1.29, 1.82) is 0 Å². The molecule has 9 aromatic rings. The topological polar surface area (TPSA) is 3.24 Å². The Morgan fingerprint density at radius 1 is 0.262 bits per heavy atom. The summed E-state index contributed by atoms with van der Waals surface area (Å²) < 4.78 is 0. The molecule has 292 valence electrons. The number of benzene rings is 9. The Kier molecular flexibility index (Phi) is 8.58. The molecule has 1 nitrogen and oxygen atoms in total. The normalized spacial score (nSPS) is 13.8. The molecule has 0 atom stereocenters. The fraction of sp³-hybridized carbons (Fsp3) is 0.100. The maximum absolute atomic E-state index is 2.45. The van der Waals surface area contributed by atoms with Crippen molar-refractivity contribution in [3.05, 3.63) is 235 Å². The molecule has 0 radical (unpaired) electrons. The van der Waals surface area contributed by atoms with E-state index >= 15 is 0 Å². The second-order valence-electron chi connectivity index (χ2n) is 17.8. The molecule has 0 spiro atoms. The molecule has 0 fully saturated rings. The van der Waals surface area contributed by atoms with Crippen LogP contribution in [0, 0.1) is 0 Å². The van der Waals surface area contributed by atoms with E-state index in [9.17, 15) is 0 Å². The lowest BCUT2D eigenvalue weighted by atomic mass is 9.81. The van der Waals surface area contributed by atoms with Crippen molar-refractivity contribution in [3.63, 3.8) is 0 Å². The van der Waals surface area contributed by atoms with E-state index < -0.39 is 0 Å². The Hall–Kier alpha value is -7.22. The van der Waals surface area contributed by atoms with Crippen LogP contribution in [0.4, 0.5) is 17.1 Å². The summed E-state index contributed by atoms with van der Waals surface area (Å²) in [7, 11) is 0. The monoisotopic (exact) mass is 781 g/mol. The Balaban J connectivity index is 1.06. The molecule has 1 heteroatoms. The van der Waals surface area contributed by atoms with E-state index in [0.717, 1.165) is 17.1 Å². The van der Waals surface area contributed by atoms with Crippen LogP contribution in [-0.2, 0) is 10.8 Å². The summed E-state index contributed by atoms with van der Waals surface area (Å²) in [6.45, 7) is 9.46. The molecule has 0 aliphatic heterocycles. The molecule has 9 aromatic carbocycles. The molecule has 0 amide bonds. The van der Waals surface area contributed by atoms with Crippen LogP contribution in [0.25, 0.3) is 66.8 Å². The maximum Gasteiger partial charge on any atom is 0.0473 e. The minimum atomic E-state index is -0.125. The minimum absolute atomic E-state index is 0.0863. The van der Waals surface area contributed by atoms with Crippen molar-refractivity contribution in [2.45, 2.75) is 38.5 Å². The van der Waals surface area contributed by atoms with Crippen LogP contribution < -0.4 is 4.90 Å². The fourth-order valence-corrected chi connectivity index (χ4v) is 10.3. The first kappa shape index (κ1) is 36.8. The van der Waals surface area contributed by atoms with E-state index in [0.29, 0.717) is 0 Å². The SMILES string of the molecule is CC1(C)c2ccccc2-c2ccc(N(c3ccc(-c4ccc5c(c4)-c4c(-c6ccccc6)cccc4C5(C)C)cc3)c3cc(-c4ccccc4)cc(-c4ccccc4)c3)cc21. The average Bonchev–Trinajstić information content (AvgIpc) is 3.69. The third-order valence-corrected chi connectivity index (χ3v) is 13.5. The zero-order chi connectivity index (χ0) is 41.3. The first-order valence-electron chi connectivity index (χ1n) is 21.5. The largest absolute Gasteiger partial charge is 0.310 e. The van der Waals surface area contributed by atoms with Gasteiger partial charge in [-0.2, -0.15) is 0 Å². The van der Waals surface area contributed by atoms with Crippen LogP contribution in [0.15, 0.2) is 212 Å². The van der Waals surface area contributed by atoms with Crippen LogP contribution in [0.1, 0.15) is 49.9 Å². The second-order valence-corrected chi connectivity index (χ2v) is 17.8. The molecular weight excluding hydrogens is 735 g/mol. The quantitative estimate of drug-likeness (QED) is 0.156. The predicted molar refractivity (Wildman–Crippen MR) is 258 cm³/mol. The highest BCUT2D eigenvalue weighted by atomic mass is 15.1. The van der Waals surface area contributed by atoms with Crippen LogP contribution >= 0.6 is 0 Å². The molecule has 61 heavy (non-hydrogen) atoms. The van der Waals surface area contributed by atoms with Gasteiger partial charge in [-0.15, -0.1) is 0 Å². The van der Waals surface area contributed by atoms with Crippen LogP contribution in [0.5, 0.6) is 0 Å². The summed E-state index contributed by atoms with van der Waals surface area (Å²) in [5.74, 6) is 0. The van der Waals surface area contributed by atoms with Gasteiger partial charge in [-0.1, -0.05) is 191 Å². The molecule has 2 aliphatic carbocycles. The summed E-state index contributed by atoms with van der Waals surface area (Å²) in [6, 6.07) is 78.5. The number of fused-ring (bicyclic) bond motifs is 6. The highest BCUT2D eigenvalue weighted by Gasteiger charge is 2.38. The first-order chi connectivity index (χ1) is 29.8. The van der Waals surface area contributed by atoms with Gasteiger partial charge < -0.3 is 4.90 Å². The molecular formula is C60H47N. The Morgan fingerprint density at radius 2 is 0.754 bits per heavy atom. The van der Waals surface area contributed by atoms with Crippen molar-refractivity contribution in [3.8, 4) is 66.8 Å². The second kappa shape index (κ2) is 14.2. The van der Waals surface area contributed by atoms with Crippen molar-refractivity contribution in [2.24, 2.45) is 0 Å². The molecule has 0 bridgehead atoms. The summed E-state index contributed by atoms with van der Waals surface area (Å²) in [5, 5.41) is 0. The van der Waals surface area contributed by atoms with Crippen molar-refractivity contribution in [1.82, 2.24) is 0 Å². The molecule has 0 N–H and O–H groups in total. The van der Waals surface area contributed by atoms with Crippen molar-refractivity contribution in [2.75, 3.05) is 4.90 Å². The molecule has 0 unspecified atom stereocenters. The van der Waals surface area contributed by atoms with Gasteiger partial charge in [0, 0.05) is 27.9 Å². The predicted octanol–water partition coefficient (Wildman–Crippen LogP) is 16.4. The van der Waals surface area contributed by atoms with E-state index in [1.807, 2.05) is 0 Å². The smallest absolute Gasteiger partial charge is 0.0473 e. The molecule has 11 rings (SSSR count). The molecule has 0 saturated carbocycles. The summed E-state index contributed by atoms with van der Waals surface area (Å²) in [5.41, 5.74) is 23.7. The van der Waals surface area contributed by atoms with Gasteiger partial charge >= 0.3 is 0 Å². The van der Waals surface area contributed by atoms with Crippen LogP contribution in [0.2, 0.25) is 0 Å². The minimum Gasteiger partial charge on any atom is -0.310 e. The van der Waals surface area contributed by atoms with E-state index in [4.69, 9.17) is 0 Å². The van der Waals surface area contributed by atoms with Gasteiger partial charge in [0.15, 0.2) is 0 Å². The Bertz CT molecular complexity index is 3040. The number of hydrogen-bond acceptors (Lipinski definition) is 1. The van der Waals surface area contributed by atoms with Gasteiger partial charge in [0.05, 0.1) is 0 Å². The average molecular weight is 782 g/mol. The Labute approximate surface area is 360 Å². The molecule has 0 saturated heterocycles. The van der Waals surface area contributed by atoms with E-state index in [1.165, 1.54) is 89.0 Å². The fourth-order valence-electron chi connectivity index (χ4n) is 10.3. The van der Waals surface area contributed by atoms with Gasteiger partial charge in [0.25, 0.3) is 0 Å². The summed E-state index contributed by atoms with van der Waals surface area (Å²) in [4.78, 5) is 2.45. The van der Waals surface area contributed by atoms with E-state index in [1.54, 1.807) is 0 Å². The molecule has 0 heterocycles. The highest BCUT2D eigenvalue weighted by molar-refractivity contribution is 5.95. The molecule has 0 aromatic heterocycles. The zero-order valence-corrected chi connectivity index (χ0v) is 35.2. The molecule has 2 aliphatic rings. The van der Waals surface area contributed by atoms with Gasteiger partial charge in [-0.3, -0.25) is 0 Å². The zero-order valence-electron chi connectivity index (χ0n) is 35.2. The van der Waals surface area contributed by atoms with E-state index in [2.05, 4.69) is 245 Å². The van der Waals surface area contributed by atoms with Crippen LogP contribution in [0.3, 0.4) is 0 Å². The number of nitrogens with zero attached hydrogens (tertiary/aromatic N) is 1. The Morgan fingerprint density at radius 3 is 1.43 bits per heavy atom. The van der Waals surface area contributed by atoms with Gasteiger partial charge in [-0.05, 0) is 138 Å². The standard InChI is InChI=1S/C60H47N/c1-59(2)55-34-29-44(38-53(55)58-50(24-16-26-56(58)59)43-21-12-7-13-22-43)42-27-30-47(31-28-42)61(48-32-33-52-51-23-14-15-25-54(51)60(3,4)57(52)39-48)49-36-45(40-17-8-5-9-18-40)35-46(37-49)41-19-10-6-11-20-41/h5-39H,1-4H3.